The third kappa shape index (κ3) is 5.68. The molecule has 0 spiro atoms. The van der Waals surface area contributed by atoms with Crippen molar-refractivity contribution in [2.45, 2.75) is 25.2 Å². The average molecular weight is 396 g/mol. The number of aryl methyl sites for hydroxylation is 1. The van der Waals surface area contributed by atoms with Gasteiger partial charge in [0.1, 0.15) is 12.4 Å². The summed E-state index contributed by atoms with van der Waals surface area (Å²) in [5.74, 6) is -0.937. The normalized spacial score (nSPS) is 17.8. The van der Waals surface area contributed by atoms with Crippen molar-refractivity contribution in [2.24, 2.45) is 10.2 Å². The highest BCUT2D eigenvalue weighted by atomic mass is 32.2. The van der Waals surface area contributed by atoms with Gasteiger partial charge in [0.25, 0.3) is 0 Å². The Morgan fingerprint density at radius 1 is 1.21 bits per heavy atom. The van der Waals surface area contributed by atoms with E-state index in [1.54, 1.807) is 0 Å². The zero-order valence-corrected chi connectivity index (χ0v) is 15.9. The fraction of sp³-hybridized carbons (Fsp3) is 0.200. The Morgan fingerprint density at radius 2 is 1.93 bits per heavy atom. The summed E-state index contributed by atoms with van der Waals surface area (Å²) in [7, 11) is 0. The summed E-state index contributed by atoms with van der Waals surface area (Å²) in [6.45, 7) is 2.53. The van der Waals surface area contributed by atoms with Gasteiger partial charge in [0.15, 0.2) is 5.17 Å². The van der Waals surface area contributed by atoms with Crippen LogP contribution in [0.3, 0.4) is 0 Å². The highest BCUT2D eigenvalue weighted by Gasteiger charge is 2.30. The minimum Gasteiger partial charge on any atom is -0.550 e. The lowest BCUT2D eigenvalue weighted by atomic mass is 10.2. The molecule has 1 heterocycles. The fourth-order valence-electron chi connectivity index (χ4n) is 2.39. The fourth-order valence-corrected chi connectivity index (χ4v) is 3.30. The number of ether oxygens (including phenoxy) is 1. The first-order valence-electron chi connectivity index (χ1n) is 8.56. The second-order valence-electron chi connectivity index (χ2n) is 6.16. The van der Waals surface area contributed by atoms with Gasteiger partial charge in [-0.25, -0.2) is 0 Å². The monoisotopic (exact) mass is 396 g/mol. The van der Waals surface area contributed by atoms with Crippen LogP contribution in [0.15, 0.2) is 58.7 Å². The van der Waals surface area contributed by atoms with Crippen LogP contribution in [0.1, 0.15) is 23.1 Å². The second kappa shape index (κ2) is 9.18. The summed E-state index contributed by atoms with van der Waals surface area (Å²) in [4.78, 5) is 22.2. The lowest BCUT2D eigenvalue weighted by Crippen LogP contribution is -2.31. The molecule has 7 nitrogen and oxygen atoms in total. The van der Waals surface area contributed by atoms with Gasteiger partial charge in [-0.15, -0.1) is 5.10 Å². The molecular formula is C20H18N3O4S-. The number of carboxylic acids is 1. The number of carbonyl (C=O) groups is 2. The second-order valence-corrected chi connectivity index (χ2v) is 7.36. The van der Waals surface area contributed by atoms with Crippen LogP contribution >= 0.6 is 11.8 Å². The number of benzene rings is 2. The maximum absolute atomic E-state index is 11.6. The van der Waals surface area contributed by atoms with Gasteiger partial charge in [-0.2, -0.15) is 5.10 Å². The van der Waals surface area contributed by atoms with Gasteiger partial charge in [-0.1, -0.05) is 41.6 Å². The number of hydrogen-bond acceptors (Lipinski definition) is 7. The van der Waals surface area contributed by atoms with Crippen molar-refractivity contribution < 1.29 is 19.4 Å². The summed E-state index contributed by atoms with van der Waals surface area (Å²) in [5, 5.41) is 20.4. The number of hydrogen-bond donors (Lipinski definition) is 1. The maximum atomic E-state index is 11.6. The summed E-state index contributed by atoms with van der Waals surface area (Å²) >= 11 is 1.02. The van der Waals surface area contributed by atoms with Crippen LogP contribution in [0.5, 0.6) is 5.75 Å². The molecule has 8 heteroatoms. The standard InChI is InChI=1S/C20H19N3O4S/c1-13-2-4-15(5-3-13)12-27-16-8-6-14(7-9-16)11-21-23-20-22-19(26)17(28-20)10-18(24)25/h2-9,11,17H,10,12H2,1H3,(H,24,25)(H,22,23,26)/p-1/b21-11-/t17-/m1/s1. The Kier molecular flexibility index (Phi) is 6.44. The average Bonchev–Trinajstić information content (AvgIpc) is 3.01. The van der Waals surface area contributed by atoms with E-state index < -0.39 is 17.1 Å². The Morgan fingerprint density at radius 3 is 2.61 bits per heavy atom. The van der Waals surface area contributed by atoms with Crippen molar-refractivity contribution in [3.05, 3.63) is 65.2 Å². The number of nitrogens with zero attached hydrogens (tertiary/aromatic N) is 2. The van der Waals surface area contributed by atoms with Crippen molar-refractivity contribution in [3.8, 4) is 5.75 Å². The van der Waals surface area contributed by atoms with Gasteiger partial charge in [0.2, 0.25) is 5.91 Å². The molecule has 0 bridgehead atoms. The topological polar surface area (TPSA) is 103 Å². The molecule has 0 unspecified atom stereocenters. The molecule has 1 amide bonds. The van der Waals surface area contributed by atoms with E-state index >= 15 is 0 Å². The van der Waals surface area contributed by atoms with Crippen LogP contribution in [-0.4, -0.2) is 28.5 Å². The van der Waals surface area contributed by atoms with E-state index in [9.17, 15) is 14.7 Å². The third-order valence-corrected chi connectivity index (χ3v) is 4.96. The molecule has 1 aliphatic rings. The van der Waals surface area contributed by atoms with E-state index in [-0.39, 0.29) is 11.6 Å². The number of carbonyl (C=O) groups excluding carboxylic acids is 2. The Balaban J connectivity index is 1.52. The summed E-state index contributed by atoms with van der Waals surface area (Å²) in [6, 6.07) is 15.5. The van der Waals surface area contributed by atoms with Gasteiger partial charge in [-0.3, -0.25) is 4.79 Å². The molecule has 0 radical (unpaired) electrons. The van der Waals surface area contributed by atoms with Crippen molar-refractivity contribution >= 4 is 35.0 Å². The highest BCUT2D eigenvalue weighted by molar-refractivity contribution is 8.15. The molecule has 0 saturated carbocycles. The molecule has 28 heavy (non-hydrogen) atoms. The van der Waals surface area contributed by atoms with Crippen LogP contribution in [0.25, 0.3) is 0 Å². The van der Waals surface area contributed by atoms with Gasteiger partial charge in [0, 0.05) is 12.4 Å². The zero-order chi connectivity index (χ0) is 19.9. The smallest absolute Gasteiger partial charge is 0.239 e. The molecule has 2 aromatic carbocycles. The molecular weight excluding hydrogens is 378 g/mol. The van der Waals surface area contributed by atoms with E-state index in [1.165, 1.54) is 11.8 Å². The van der Waals surface area contributed by atoms with E-state index in [4.69, 9.17) is 4.74 Å². The van der Waals surface area contributed by atoms with Gasteiger partial charge < -0.3 is 20.0 Å². The van der Waals surface area contributed by atoms with Gasteiger partial charge in [0.05, 0.1) is 11.5 Å². The number of amidine groups is 1. The Labute approximate surface area is 166 Å². The molecule has 0 aliphatic carbocycles. The molecule has 1 atom stereocenters. The molecule has 1 N–H and O–H groups in total. The summed E-state index contributed by atoms with van der Waals surface area (Å²) < 4.78 is 5.75. The zero-order valence-electron chi connectivity index (χ0n) is 15.1. The largest absolute Gasteiger partial charge is 0.550 e. The van der Waals surface area contributed by atoms with E-state index in [1.807, 2.05) is 55.5 Å². The maximum Gasteiger partial charge on any atom is 0.239 e. The molecule has 1 saturated heterocycles. The molecule has 1 fully saturated rings. The van der Waals surface area contributed by atoms with E-state index in [0.717, 1.165) is 28.6 Å². The van der Waals surface area contributed by atoms with Gasteiger partial charge >= 0.3 is 0 Å². The number of rotatable bonds is 7. The first kappa shape index (κ1) is 19.6. The lowest BCUT2D eigenvalue weighted by Gasteiger charge is -2.06. The predicted molar refractivity (Wildman–Crippen MR) is 106 cm³/mol. The molecule has 3 rings (SSSR count). The Bertz CT molecular complexity index is 908. The van der Waals surface area contributed by atoms with Crippen LogP contribution < -0.4 is 15.2 Å². The predicted octanol–water partition coefficient (Wildman–Crippen LogP) is 1.64. The summed E-state index contributed by atoms with van der Waals surface area (Å²) in [6.07, 6.45) is 1.18. The van der Waals surface area contributed by atoms with E-state index in [2.05, 4.69) is 15.5 Å². The molecule has 0 aromatic heterocycles. The van der Waals surface area contributed by atoms with Gasteiger partial charge in [-0.05, 0) is 42.3 Å². The van der Waals surface area contributed by atoms with Crippen LogP contribution in [0.2, 0.25) is 0 Å². The number of aliphatic carboxylic acids is 1. The van der Waals surface area contributed by atoms with Crippen molar-refractivity contribution in [1.29, 1.82) is 0 Å². The Hall–Kier alpha value is -3.13. The number of amides is 1. The first-order chi connectivity index (χ1) is 13.5. The molecule has 2 aromatic rings. The highest BCUT2D eigenvalue weighted by Crippen LogP contribution is 2.22. The lowest BCUT2D eigenvalue weighted by molar-refractivity contribution is -0.305. The minimum atomic E-state index is -1.28. The third-order valence-electron chi connectivity index (χ3n) is 3.89. The van der Waals surface area contributed by atoms with Crippen LogP contribution in [0.4, 0.5) is 0 Å². The molecule has 1 aliphatic heterocycles. The SMILES string of the molecule is Cc1ccc(COc2ccc(/C=N\N=C3\NC(=O)[C@@H](CC(=O)[O-])S3)cc2)cc1. The quantitative estimate of drug-likeness (QED) is 0.566. The molecule has 144 valence electrons. The van der Waals surface area contributed by atoms with Crippen molar-refractivity contribution in [3.63, 3.8) is 0 Å². The van der Waals surface area contributed by atoms with Crippen molar-refractivity contribution in [2.75, 3.05) is 0 Å². The van der Waals surface area contributed by atoms with Crippen molar-refractivity contribution in [1.82, 2.24) is 5.32 Å². The number of nitrogens with one attached hydrogen (secondary N) is 1. The van der Waals surface area contributed by atoms with Crippen LogP contribution in [0, 0.1) is 6.92 Å². The van der Waals surface area contributed by atoms with E-state index in [0.29, 0.717) is 6.61 Å². The minimum absolute atomic E-state index is 0.269. The first-order valence-corrected chi connectivity index (χ1v) is 9.44. The number of thioether (sulfide) groups is 1. The number of carboxylic acid groups (broad SMARTS) is 1. The summed E-state index contributed by atoms with van der Waals surface area (Å²) in [5.41, 5.74) is 3.12. The van der Waals surface area contributed by atoms with Crippen LogP contribution in [-0.2, 0) is 16.2 Å².